The van der Waals surface area contributed by atoms with Crippen LogP contribution < -0.4 is 5.73 Å². The van der Waals surface area contributed by atoms with E-state index in [0.717, 1.165) is 0 Å². The molecule has 2 N–H and O–H groups in total. The summed E-state index contributed by atoms with van der Waals surface area (Å²) in [7, 11) is 2.88. The molecule has 6 nitrogen and oxygen atoms in total. The molecule has 1 heterocycles. The number of nitrogens with zero attached hydrogens (tertiary/aromatic N) is 2. The lowest BCUT2D eigenvalue weighted by Gasteiger charge is -2.03. The topological polar surface area (TPSA) is 79.4 Å². The quantitative estimate of drug-likeness (QED) is 0.685. The Hall–Kier alpha value is -1.56. The third kappa shape index (κ3) is 2.02. The average Bonchev–Trinajstić information content (AvgIpc) is 2.56. The van der Waals surface area contributed by atoms with Crippen molar-refractivity contribution in [2.24, 2.45) is 0 Å². The molecule has 0 fully saturated rings. The lowest BCUT2D eigenvalue weighted by molar-refractivity contribution is 0.0596. The predicted molar refractivity (Wildman–Crippen MR) is 49.9 cm³/mol. The monoisotopic (exact) mass is 199 g/mol. The van der Waals surface area contributed by atoms with Crippen molar-refractivity contribution in [1.29, 1.82) is 0 Å². The van der Waals surface area contributed by atoms with Crippen molar-refractivity contribution in [3.8, 4) is 0 Å². The molecule has 0 aliphatic rings. The van der Waals surface area contributed by atoms with Gasteiger partial charge >= 0.3 is 5.97 Å². The molecule has 0 saturated heterocycles. The number of methoxy groups -OCH3 is 2. The van der Waals surface area contributed by atoms with Crippen LogP contribution in [0.25, 0.3) is 0 Å². The molecule has 0 atom stereocenters. The number of carbonyl (C=O) groups is 1. The molecule has 1 rings (SSSR count). The highest BCUT2D eigenvalue weighted by atomic mass is 16.5. The number of ether oxygens (including phenoxy) is 2. The van der Waals surface area contributed by atoms with Gasteiger partial charge in [0, 0.05) is 13.7 Å². The van der Waals surface area contributed by atoms with Gasteiger partial charge in [-0.05, 0) is 0 Å². The highest BCUT2D eigenvalue weighted by Crippen LogP contribution is 2.10. The van der Waals surface area contributed by atoms with Gasteiger partial charge in [-0.1, -0.05) is 0 Å². The van der Waals surface area contributed by atoms with E-state index < -0.39 is 5.97 Å². The van der Waals surface area contributed by atoms with Crippen LogP contribution in [0.4, 0.5) is 5.82 Å². The summed E-state index contributed by atoms with van der Waals surface area (Å²) in [6.45, 7) is 1.08. The van der Waals surface area contributed by atoms with Gasteiger partial charge in [0.1, 0.15) is 5.82 Å². The number of hydrogen-bond donors (Lipinski definition) is 1. The van der Waals surface area contributed by atoms with Crippen LogP contribution in [-0.2, 0) is 16.0 Å². The second-order valence-corrected chi connectivity index (χ2v) is 2.66. The van der Waals surface area contributed by atoms with Crippen molar-refractivity contribution in [3.63, 3.8) is 0 Å². The number of rotatable bonds is 4. The molecule has 14 heavy (non-hydrogen) atoms. The van der Waals surface area contributed by atoms with E-state index in [0.29, 0.717) is 19.0 Å². The van der Waals surface area contributed by atoms with E-state index in [1.165, 1.54) is 13.4 Å². The maximum atomic E-state index is 11.1. The molecule has 0 aromatic carbocycles. The maximum Gasteiger partial charge on any atom is 0.360 e. The minimum absolute atomic E-state index is 0.142. The van der Waals surface area contributed by atoms with Gasteiger partial charge in [-0.2, -0.15) is 0 Å². The van der Waals surface area contributed by atoms with E-state index in [2.05, 4.69) is 9.72 Å². The normalized spacial score (nSPS) is 10.1. The first-order valence-electron chi connectivity index (χ1n) is 4.08. The Bertz CT molecular complexity index is 322. The number of aromatic nitrogens is 2. The summed E-state index contributed by atoms with van der Waals surface area (Å²) in [6, 6.07) is 0. The summed E-state index contributed by atoms with van der Waals surface area (Å²) in [5.41, 5.74) is 5.81. The lowest BCUT2D eigenvalue weighted by atomic mass is 10.4. The van der Waals surface area contributed by atoms with Gasteiger partial charge in [-0.25, -0.2) is 9.78 Å². The third-order valence-corrected chi connectivity index (χ3v) is 1.79. The van der Waals surface area contributed by atoms with E-state index in [4.69, 9.17) is 10.5 Å². The number of esters is 1. The Balaban J connectivity index is 2.80. The first-order chi connectivity index (χ1) is 6.70. The zero-order chi connectivity index (χ0) is 10.6. The SMILES string of the molecule is COCCn1cnc(C(=O)OC)c1N. The lowest BCUT2D eigenvalue weighted by Crippen LogP contribution is -2.10. The maximum absolute atomic E-state index is 11.1. The summed E-state index contributed by atoms with van der Waals surface area (Å²) in [6.07, 6.45) is 1.49. The van der Waals surface area contributed by atoms with Gasteiger partial charge < -0.3 is 19.8 Å². The zero-order valence-electron chi connectivity index (χ0n) is 8.19. The summed E-state index contributed by atoms with van der Waals surface area (Å²) >= 11 is 0. The highest BCUT2D eigenvalue weighted by Gasteiger charge is 2.15. The Morgan fingerprint density at radius 1 is 1.64 bits per heavy atom. The van der Waals surface area contributed by atoms with Crippen molar-refractivity contribution in [2.45, 2.75) is 6.54 Å². The van der Waals surface area contributed by atoms with Crippen LogP contribution in [0.3, 0.4) is 0 Å². The van der Waals surface area contributed by atoms with E-state index in [1.807, 2.05) is 0 Å². The first-order valence-corrected chi connectivity index (χ1v) is 4.08. The number of anilines is 1. The molecule has 0 aliphatic carbocycles. The minimum Gasteiger partial charge on any atom is -0.464 e. The molecule has 0 unspecified atom stereocenters. The molecular weight excluding hydrogens is 186 g/mol. The second-order valence-electron chi connectivity index (χ2n) is 2.66. The molecule has 0 radical (unpaired) electrons. The largest absolute Gasteiger partial charge is 0.464 e. The molecule has 0 saturated carbocycles. The number of carbonyl (C=O) groups excluding carboxylic acids is 1. The molecular formula is C8H13N3O3. The van der Waals surface area contributed by atoms with Gasteiger partial charge in [0.05, 0.1) is 20.0 Å². The molecule has 6 heteroatoms. The Kier molecular flexibility index (Phi) is 3.47. The average molecular weight is 199 g/mol. The molecule has 0 spiro atoms. The zero-order valence-corrected chi connectivity index (χ0v) is 8.19. The van der Waals surface area contributed by atoms with E-state index >= 15 is 0 Å². The number of imidazole rings is 1. The summed E-state index contributed by atoms with van der Waals surface area (Å²) in [5.74, 6) is -0.229. The van der Waals surface area contributed by atoms with Crippen LogP contribution in [0.15, 0.2) is 6.33 Å². The number of nitrogens with two attached hydrogens (primary N) is 1. The van der Waals surface area contributed by atoms with Crippen LogP contribution >= 0.6 is 0 Å². The smallest absolute Gasteiger partial charge is 0.360 e. The predicted octanol–water partition coefficient (Wildman–Crippen LogP) is -0.102. The summed E-state index contributed by atoms with van der Waals surface area (Å²) in [5, 5.41) is 0. The first kappa shape index (κ1) is 10.5. The van der Waals surface area contributed by atoms with Crippen molar-refractivity contribution in [1.82, 2.24) is 9.55 Å². The van der Waals surface area contributed by atoms with Gasteiger partial charge in [-0.15, -0.1) is 0 Å². The summed E-state index contributed by atoms with van der Waals surface area (Å²) < 4.78 is 11.0. The van der Waals surface area contributed by atoms with Crippen LogP contribution in [0.5, 0.6) is 0 Å². The second kappa shape index (κ2) is 4.61. The standard InChI is InChI=1S/C8H13N3O3/c1-13-4-3-11-5-10-6(7(11)9)8(12)14-2/h5H,3-4,9H2,1-2H3. The van der Waals surface area contributed by atoms with E-state index in [9.17, 15) is 4.79 Å². The number of hydrogen-bond acceptors (Lipinski definition) is 5. The van der Waals surface area contributed by atoms with Crippen LogP contribution in [0.1, 0.15) is 10.5 Å². The van der Waals surface area contributed by atoms with Gasteiger partial charge in [0.15, 0.2) is 5.69 Å². The van der Waals surface area contributed by atoms with Gasteiger partial charge in [0.25, 0.3) is 0 Å². The minimum atomic E-state index is -0.529. The number of nitrogen functional groups attached to an aromatic ring is 1. The van der Waals surface area contributed by atoms with Crippen molar-refractivity contribution in [2.75, 3.05) is 26.6 Å². The molecule has 1 aromatic heterocycles. The molecule has 0 bridgehead atoms. The fourth-order valence-corrected chi connectivity index (χ4v) is 1.01. The molecule has 0 amide bonds. The molecule has 1 aromatic rings. The Morgan fingerprint density at radius 2 is 2.36 bits per heavy atom. The van der Waals surface area contributed by atoms with E-state index in [-0.39, 0.29) is 5.69 Å². The van der Waals surface area contributed by atoms with E-state index in [1.54, 1.807) is 11.7 Å². The van der Waals surface area contributed by atoms with Gasteiger partial charge in [0.2, 0.25) is 0 Å². The fraction of sp³-hybridized carbons (Fsp3) is 0.500. The molecule has 78 valence electrons. The Labute approximate surface area is 81.6 Å². The van der Waals surface area contributed by atoms with Gasteiger partial charge in [-0.3, -0.25) is 0 Å². The van der Waals surface area contributed by atoms with Crippen molar-refractivity contribution < 1.29 is 14.3 Å². The third-order valence-electron chi connectivity index (χ3n) is 1.79. The Morgan fingerprint density at radius 3 is 2.93 bits per heavy atom. The highest BCUT2D eigenvalue weighted by molar-refractivity contribution is 5.91. The van der Waals surface area contributed by atoms with Crippen molar-refractivity contribution in [3.05, 3.63) is 12.0 Å². The molecule has 0 aliphatic heterocycles. The fourth-order valence-electron chi connectivity index (χ4n) is 1.01. The van der Waals surface area contributed by atoms with Crippen LogP contribution in [0, 0.1) is 0 Å². The van der Waals surface area contributed by atoms with Crippen LogP contribution in [0.2, 0.25) is 0 Å². The van der Waals surface area contributed by atoms with Crippen LogP contribution in [-0.4, -0.2) is 36.3 Å². The summed E-state index contributed by atoms with van der Waals surface area (Å²) in [4.78, 5) is 15.0. The van der Waals surface area contributed by atoms with Crippen molar-refractivity contribution >= 4 is 11.8 Å².